The van der Waals surface area contributed by atoms with Crippen molar-refractivity contribution >= 4 is 23.9 Å². The summed E-state index contributed by atoms with van der Waals surface area (Å²) < 4.78 is 15.0. The third kappa shape index (κ3) is 3.81. The Morgan fingerprint density at radius 1 is 1.15 bits per heavy atom. The summed E-state index contributed by atoms with van der Waals surface area (Å²) >= 11 is 0. The molecule has 2 aromatic rings. The summed E-state index contributed by atoms with van der Waals surface area (Å²) in [5.41, 5.74) is 0.828. The molecule has 2 heterocycles. The van der Waals surface area contributed by atoms with E-state index in [1.165, 1.54) is 25.5 Å². The number of furan rings is 1. The highest BCUT2D eigenvalue weighted by Gasteiger charge is 2.29. The van der Waals surface area contributed by atoms with Gasteiger partial charge in [0.25, 0.3) is 0 Å². The first-order valence-electron chi connectivity index (χ1n) is 7.99. The molecule has 1 aliphatic rings. The van der Waals surface area contributed by atoms with Crippen molar-refractivity contribution in [2.24, 2.45) is 0 Å². The second-order valence-corrected chi connectivity index (χ2v) is 5.62. The third-order valence-corrected chi connectivity index (χ3v) is 3.99. The summed E-state index contributed by atoms with van der Waals surface area (Å²) in [5, 5.41) is 2.42. The Morgan fingerprint density at radius 3 is 2.63 bits per heavy atom. The fourth-order valence-electron chi connectivity index (χ4n) is 2.60. The van der Waals surface area contributed by atoms with Crippen molar-refractivity contribution in [1.82, 2.24) is 10.2 Å². The quantitative estimate of drug-likeness (QED) is 0.603. The number of rotatable bonds is 6. The highest BCUT2D eigenvalue weighted by atomic mass is 16.5. The lowest BCUT2D eigenvalue weighted by Gasteiger charge is -2.15. The molecule has 0 radical (unpaired) electrons. The van der Waals surface area contributed by atoms with Gasteiger partial charge in [0.15, 0.2) is 12.4 Å². The number of ether oxygens (including phenoxy) is 2. The van der Waals surface area contributed by atoms with Crippen molar-refractivity contribution in [3.05, 3.63) is 59.0 Å². The van der Waals surface area contributed by atoms with E-state index in [-0.39, 0.29) is 42.5 Å². The van der Waals surface area contributed by atoms with Crippen LogP contribution in [0.25, 0.3) is 0 Å². The van der Waals surface area contributed by atoms with Crippen molar-refractivity contribution < 1.29 is 33.1 Å². The van der Waals surface area contributed by atoms with Crippen LogP contribution < -0.4 is 5.32 Å². The second kappa shape index (κ2) is 7.73. The molecule has 1 aromatic heterocycles. The number of urea groups is 1. The molecular formula is C18H16N2O7. The molecule has 0 unspecified atom stereocenters. The molecule has 0 saturated carbocycles. The van der Waals surface area contributed by atoms with Crippen molar-refractivity contribution in [2.75, 3.05) is 13.7 Å². The van der Waals surface area contributed by atoms with Gasteiger partial charge in [-0.1, -0.05) is 18.2 Å². The fourth-order valence-corrected chi connectivity index (χ4v) is 2.60. The largest absolute Gasteiger partial charge is 0.465 e. The van der Waals surface area contributed by atoms with Crippen LogP contribution in [0.2, 0.25) is 0 Å². The Morgan fingerprint density at radius 2 is 1.93 bits per heavy atom. The Labute approximate surface area is 153 Å². The lowest BCUT2D eigenvalue weighted by atomic mass is 10.1. The lowest BCUT2D eigenvalue weighted by molar-refractivity contribution is -0.125. The molecule has 0 bridgehead atoms. The number of hydrogen-bond acceptors (Lipinski definition) is 7. The van der Waals surface area contributed by atoms with Crippen LogP contribution in [0.1, 0.15) is 32.0 Å². The topological polar surface area (TPSA) is 115 Å². The van der Waals surface area contributed by atoms with Crippen LogP contribution in [-0.2, 0) is 27.4 Å². The van der Waals surface area contributed by atoms with E-state index in [2.05, 4.69) is 10.1 Å². The maximum atomic E-state index is 12.5. The SMILES string of the molecule is COC(=O)c1ccoc1COC(=O)c1ccccc1CN1C(=O)CNC1=O. The molecule has 9 nitrogen and oxygen atoms in total. The predicted molar refractivity (Wildman–Crippen MR) is 89.6 cm³/mol. The third-order valence-electron chi connectivity index (χ3n) is 3.99. The Bertz CT molecular complexity index is 887. The van der Waals surface area contributed by atoms with Gasteiger partial charge < -0.3 is 19.2 Å². The summed E-state index contributed by atoms with van der Waals surface area (Å²) in [6, 6.07) is 7.38. The minimum Gasteiger partial charge on any atom is -0.465 e. The molecule has 0 aliphatic carbocycles. The Balaban J connectivity index is 1.72. The molecule has 0 atom stereocenters. The van der Waals surface area contributed by atoms with Gasteiger partial charge in [-0.25, -0.2) is 14.4 Å². The molecule has 1 aromatic carbocycles. The van der Waals surface area contributed by atoms with Gasteiger partial charge in [0.2, 0.25) is 5.91 Å². The van der Waals surface area contributed by atoms with Gasteiger partial charge >= 0.3 is 18.0 Å². The number of nitrogens with zero attached hydrogens (tertiary/aromatic N) is 1. The van der Waals surface area contributed by atoms with Gasteiger partial charge in [0, 0.05) is 0 Å². The van der Waals surface area contributed by atoms with Crippen LogP contribution in [0, 0.1) is 0 Å². The normalized spacial score (nSPS) is 13.4. The molecule has 3 amide bonds. The minimum absolute atomic E-state index is 0.0515. The van der Waals surface area contributed by atoms with E-state index < -0.39 is 18.0 Å². The van der Waals surface area contributed by atoms with Gasteiger partial charge in [-0.15, -0.1) is 0 Å². The van der Waals surface area contributed by atoms with Gasteiger partial charge in [0.1, 0.15) is 5.56 Å². The lowest BCUT2D eigenvalue weighted by Crippen LogP contribution is -2.31. The average molecular weight is 372 g/mol. The van der Waals surface area contributed by atoms with Gasteiger partial charge in [-0.3, -0.25) is 9.69 Å². The van der Waals surface area contributed by atoms with Gasteiger partial charge in [0.05, 0.1) is 32.0 Å². The fraction of sp³-hybridized carbons (Fsp3) is 0.222. The number of esters is 2. The molecule has 140 valence electrons. The van der Waals surface area contributed by atoms with E-state index in [0.29, 0.717) is 5.56 Å². The van der Waals surface area contributed by atoms with Crippen LogP contribution >= 0.6 is 0 Å². The highest BCUT2D eigenvalue weighted by Crippen LogP contribution is 2.18. The zero-order valence-electron chi connectivity index (χ0n) is 14.4. The van der Waals surface area contributed by atoms with Gasteiger partial charge in [-0.05, 0) is 17.7 Å². The van der Waals surface area contributed by atoms with E-state index in [1.807, 2.05) is 0 Å². The first-order valence-corrected chi connectivity index (χ1v) is 7.99. The maximum Gasteiger partial charge on any atom is 0.341 e. The summed E-state index contributed by atoms with van der Waals surface area (Å²) in [6.45, 7) is -0.391. The maximum absolute atomic E-state index is 12.5. The molecule has 1 N–H and O–H groups in total. The molecule has 27 heavy (non-hydrogen) atoms. The number of carbonyl (C=O) groups excluding carboxylic acids is 4. The standard InChI is InChI=1S/C18H16N2O7/c1-25-16(22)13-6-7-26-14(13)10-27-17(23)12-5-3-2-4-11(12)9-20-15(21)8-19-18(20)24/h2-7H,8-10H2,1H3,(H,19,24). The summed E-state index contributed by atoms with van der Waals surface area (Å²) in [6.07, 6.45) is 1.29. The van der Waals surface area contributed by atoms with Crippen LogP contribution in [0.3, 0.4) is 0 Å². The number of nitrogens with one attached hydrogen (secondary N) is 1. The molecular weight excluding hydrogens is 356 g/mol. The van der Waals surface area contributed by atoms with Crippen molar-refractivity contribution in [3.63, 3.8) is 0 Å². The zero-order valence-corrected chi connectivity index (χ0v) is 14.4. The zero-order chi connectivity index (χ0) is 19.4. The van der Waals surface area contributed by atoms with Crippen LogP contribution in [0.4, 0.5) is 4.79 Å². The number of benzene rings is 1. The molecule has 1 fully saturated rings. The summed E-state index contributed by atoms with van der Waals surface area (Å²) in [7, 11) is 1.23. The van der Waals surface area contributed by atoms with Crippen molar-refractivity contribution in [1.29, 1.82) is 0 Å². The first-order chi connectivity index (χ1) is 13.0. The van der Waals surface area contributed by atoms with Crippen molar-refractivity contribution in [2.45, 2.75) is 13.2 Å². The summed E-state index contributed by atoms with van der Waals surface area (Å²) in [4.78, 5) is 48.6. The van der Waals surface area contributed by atoms with Crippen LogP contribution in [0.15, 0.2) is 41.0 Å². The average Bonchev–Trinajstić information content (AvgIpc) is 3.27. The predicted octanol–water partition coefficient (Wildman–Crippen LogP) is 1.48. The van der Waals surface area contributed by atoms with E-state index in [4.69, 9.17) is 9.15 Å². The van der Waals surface area contributed by atoms with Crippen LogP contribution in [0.5, 0.6) is 0 Å². The molecule has 0 spiro atoms. The number of carbonyl (C=O) groups is 4. The summed E-state index contributed by atoms with van der Waals surface area (Å²) in [5.74, 6) is -1.50. The first kappa shape index (κ1) is 18.2. The Kier molecular flexibility index (Phi) is 5.20. The van der Waals surface area contributed by atoms with Crippen LogP contribution in [-0.4, -0.2) is 42.4 Å². The molecule has 9 heteroatoms. The Hall–Kier alpha value is -3.62. The molecule has 1 saturated heterocycles. The van der Waals surface area contributed by atoms with Crippen molar-refractivity contribution in [3.8, 4) is 0 Å². The van der Waals surface area contributed by atoms with E-state index in [0.717, 1.165) is 4.90 Å². The van der Waals surface area contributed by atoms with Gasteiger partial charge in [-0.2, -0.15) is 0 Å². The number of methoxy groups -OCH3 is 1. The van der Waals surface area contributed by atoms with E-state index >= 15 is 0 Å². The molecule has 1 aliphatic heterocycles. The smallest absolute Gasteiger partial charge is 0.341 e. The number of hydrogen-bond donors (Lipinski definition) is 1. The second-order valence-electron chi connectivity index (χ2n) is 5.62. The monoisotopic (exact) mass is 372 g/mol. The molecule has 3 rings (SSSR count). The number of imide groups is 1. The van der Waals surface area contributed by atoms with E-state index in [9.17, 15) is 19.2 Å². The number of amides is 3. The van der Waals surface area contributed by atoms with E-state index in [1.54, 1.807) is 18.2 Å². The minimum atomic E-state index is -0.676. The highest BCUT2D eigenvalue weighted by molar-refractivity contribution is 6.02.